The Morgan fingerprint density at radius 2 is 0.794 bits per heavy atom. The molecule has 0 radical (unpaired) electrons. The smallest absolute Gasteiger partial charge is 0.174 e. The lowest BCUT2D eigenvalue weighted by Gasteiger charge is -2.42. The molecule has 4 heteroatoms. The molecule has 4 atom stereocenters. The predicted octanol–water partition coefficient (Wildman–Crippen LogP) is 6.25. The zero-order valence-corrected chi connectivity index (χ0v) is 18.3. The Balaban J connectivity index is 1.55. The molecule has 4 nitrogen and oxygen atoms in total. The van der Waals surface area contributed by atoms with Gasteiger partial charge in [-0.15, -0.1) is 0 Å². The van der Waals surface area contributed by atoms with Gasteiger partial charge in [0, 0.05) is 0 Å². The van der Waals surface area contributed by atoms with Crippen LogP contribution in [0.3, 0.4) is 0 Å². The van der Waals surface area contributed by atoms with Crippen LogP contribution in [0.5, 0.6) is 11.5 Å². The van der Waals surface area contributed by atoms with E-state index in [0.717, 1.165) is 11.1 Å². The number of Topliss-reactive ketones (excluding diaryl/α,β-unsaturated/α-hetero) is 2. The molecule has 0 bridgehead atoms. The van der Waals surface area contributed by atoms with Gasteiger partial charge in [-0.25, -0.2) is 0 Å². The fourth-order valence-electron chi connectivity index (χ4n) is 5.14. The monoisotopic (exact) mass is 446 g/mol. The van der Waals surface area contributed by atoms with Gasteiger partial charge in [0.1, 0.15) is 23.7 Å². The molecule has 6 rings (SSSR count). The van der Waals surface area contributed by atoms with Gasteiger partial charge in [-0.2, -0.15) is 0 Å². The zero-order chi connectivity index (χ0) is 23.1. The molecule has 34 heavy (non-hydrogen) atoms. The van der Waals surface area contributed by atoms with E-state index in [1.807, 2.05) is 97.1 Å². The van der Waals surface area contributed by atoms with E-state index in [0.29, 0.717) is 22.6 Å². The van der Waals surface area contributed by atoms with Crippen LogP contribution in [0.2, 0.25) is 0 Å². The van der Waals surface area contributed by atoms with E-state index in [1.54, 1.807) is 12.1 Å². The van der Waals surface area contributed by atoms with Crippen molar-refractivity contribution in [2.24, 2.45) is 11.8 Å². The number of hydrogen-bond acceptors (Lipinski definition) is 4. The Morgan fingerprint density at radius 1 is 0.441 bits per heavy atom. The van der Waals surface area contributed by atoms with E-state index < -0.39 is 24.0 Å². The first-order valence-corrected chi connectivity index (χ1v) is 11.4. The van der Waals surface area contributed by atoms with Crippen LogP contribution in [-0.4, -0.2) is 11.6 Å². The highest BCUT2D eigenvalue weighted by atomic mass is 16.5. The number of carbonyl (C=O) groups is 2. The minimum absolute atomic E-state index is 0.0991. The summed E-state index contributed by atoms with van der Waals surface area (Å²) in [6, 6.07) is 33.8. The number of hydrogen-bond donors (Lipinski definition) is 0. The van der Waals surface area contributed by atoms with E-state index in [-0.39, 0.29) is 11.6 Å². The largest absolute Gasteiger partial charge is 0.484 e. The average Bonchev–Trinajstić information content (AvgIpc) is 2.90. The third kappa shape index (κ3) is 3.30. The number of ketones is 2. The number of carbonyl (C=O) groups excluding carboxylic acids is 2. The Labute approximate surface area is 197 Å². The predicted molar refractivity (Wildman–Crippen MR) is 128 cm³/mol. The van der Waals surface area contributed by atoms with Gasteiger partial charge in [0.25, 0.3) is 0 Å². The number of para-hydroxylation sites is 2. The number of fused-ring (bicyclic) bond motifs is 2. The highest BCUT2D eigenvalue weighted by Crippen LogP contribution is 2.50. The Hall–Kier alpha value is -4.18. The number of ether oxygens (including phenoxy) is 2. The summed E-state index contributed by atoms with van der Waals surface area (Å²) in [6.07, 6.45) is -1.23. The molecular weight excluding hydrogens is 424 g/mol. The van der Waals surface area contributed by atoms with Crippen LogP contribution in [0, 0.1) is 11.8 Å². The van der Waals surface area contributed by atoms with E-state index in [1.165, 1.54) is 0 Å². The minimum atomic E-state index is -0.747. The van der Waals surface area contributed by atoms with Crippen molar-refractivity contribution in [1.29, 1.82) is 0 Å². The molecule has 2 aliphatic heterocycles. The first kappa shape index (κ1) is 20.4. The molecule has 0 N–H and O–H groups in total. The first-order chi connectivity index (χ1) is 16.7. The van der Waals surface area contributed by atoms with Crippen molar-refractivity contribution in [3.63, 3.8) is 0 Å². The summed E-state index contributed by atoms with van der Waals surface area (Å²) in [5.41, 5.74) is 2.71. The maximum atomic E-state index is 14.0. The summed E-state index contributed by atoms with van der Waals surface area (Å²) in [6.45, 7) is 0. The van der Waals surface area contributed by atoms with E-state index >= 15 is 0 Å². The van der Waals surface area contributed by atoms with Crippen molar-refractivity contribution in [2.45, 2.75) is 12.2 Å². The van der Waals surface area contributed by atoms with Gasteiger partial charge in [0.15, 0.2) is 11.6 Å². The van der Waals surface area contributed by atoms with Crippen LogP contribution >= 0.6 is 0 Å². The SMILES string of the molecule is O=C1c2ccccc2O[C@H](c2ccccc2)[C@@H]1[C@@H]1C(=O)c2ccccc2O[C@@H]1c1ccccc1. The molecule has 166 valence electrons. The van der Waals surface area contributed by atoms with Gasteiger partial charge in [-0.3, -0.25) is 9.59 Å². The standard InChI is InChI=1S/C30H22O4/c31-27-21-15-7-9-17-23(21)33-29(19-11-3-1-4-12-19)25(27)26-28(32)22-16-8-10-18-24(22)34-30(26)20-13-5-2-6-14-20/h1-18,25-26,29-30H/t25-,26-,29-,30-/m1/s1. The quantitative estimate of drug-likeness (QED) is 0.373. The van der Waals surface area contributed by atoms with Gasteiger partial charge < -0.3 is 9.47 Å². The van der Waals surface area contributed by atoms with Crippen LogP contribution in [0.25, 0.3) is 0 Å². The maximum Gasteiger partial charge on any atom is 0.174 e. The van der Waals surface area contributed by atoms with Crippen LogP contribution in [0.1, 0.15) is 44.1 Å². The summed E-state index contributed by atoms with van der Waals surface area (Å²) in [5, 5.41) is 0. The van der Waals surface area contributed by atoms with Crippen molar-refractivity contribution in [3.05, 3.63) is 131 Å². The Morgan fingerprint density at radius 3 is 1.21 bits per heavy atom. The van der Waals surface area contributed by atoms with Crippen LogP contribution in [0.15, 0.2) is 109 Å². The Kier molecular flexibility index (Phi) is 4.99. The second-order valence-corrected chi connectivity index (χ2v) is 8.67. The lowest BCUT2D eigenvalue weighted by atomic mass is 9.70. The van der Waals surface area contributed by atoms with Crippen LogP contribution in [0.4, 0.5) is 0 Å². The molecule has 0 saturated heterocycles. The molecule has 4 aromatic rings. The minimum Gasteiger partial charge on any atom is -0.484 e. The highest BCUT2D eigenvalue weighted by Gasteiger charge is 2.52. The van der Waals surface area contributed by atoms with Crippen molar-refractivity contribution in [1.82, 2.24) is 0 Å². The van der Waals surface area contributed by atoms with Crippen molar-refractivity contribution in [3.8, 4) is 11.5 Å². The highest BCUT2D eigenvalue weighted by molar-refractivity contribution is 6.08. The molecule has 0 saturated carbocycles. The van der Waals surface area contributed by atoms with Gasteiger partial charge in [-0.1, -0.05) is 84.9 Å². The van der Waals surface area contributed by atoms with Gasteiger partial charge in [-0.05, 0) is 35.4 Å². The average molecular weight is 447 g/mol. The molecule has 2 aliphatic rings. The second-order valence-electron chi connectivity index (χ2n) is 8.67. The molecule has 0 spiro atoms. The molecule has 4 aromatic carbocycles. The topological polar surface area (TPSA) is 52.6 Å². The van der Waals surface area contributed by atoms with Crippen LogP contribution in [-0.2, 0) is 0 Å². The summed E-state index contributed by atoms with van der Waals surface area (Å²) in [4.78, 5) is 28.1. The van der Waals surface area contributed by atoms with Gasteiger partial charge >= 0.3 is 0 Å². The third-order valence-electron chi connectivity index (χ3n) is 6.71. The van der Waals surface area contributed by atoms with E-state index in [9.17, 15) is 9.59 Å². The lowest BCUT2D eigenvalue weighted by Crippen LogP contribution is -2.45. The fraction of sp³-hybridized carbons (Fsp3) is 0.133. The van der Waals surface area contributed by atoms with E-state index in [4.69, 9.17) is 9.47 Å². The normalized spacial score (nSPS) is 23.3. The van der Waals surface area contributed by atoms with Crippen molar-refractivity contribution < 1.29 is 19.1 Å². The summed E-state index contributed by atoms with van der Waals surface area (Å²) < 4.78 is 12.9. The molecule has 0 fully saturated rings. The summed E-state index contributed by atoms with van der Waals surface area (Å²) >= 11 is 0. The second kappa shape index (κ2) is 8.31. The molecular formula is C30H22O4. The fourth-order valence-corrected chi connectivity index (χ4v) is 5.14. The van der Waals surface area contributed by atoms with Crippen molar-refractivity contribution >= 4 is 11.6 Å². The first-order valence-electron chi connectivity index (χ1n) is 11.4. The molecule has 2 heterocycles. The summed E-state index contributed by atoms with van der Waals surface area (Å²) in [5.74, 6) is -0.612. The third-order valence-corrected chi connectivity index (χ3v) is 6.71. The molecule has 0 aliphatic carbocycles. The van der Waals surface area contributed by atoms with Crippen LogP contribution < -0.4 is 9.47 Å². The maximum absolute atomic E-state index is 14.0. The van der Waals surface area contributed by atoms with Gasteiger partial charge in [0.2, 0.25) is 0 Å². The molecule has 0 unspecified atom stereocenters. The van der Waals surface area contributed by atoms with Gasteiger partial charge in [0.05, 0.1) is 23.0 Å². The lowest BCUT2D eigenvalue weighted by molar-refractivity contribution is 0.0137. The number of rotatable bonds is 3. The van der Waals surface area contributed by atoms with E-state index in [2.05, 4.69) is 0 Å². The molecule has 0 aromatic heterocycles. The summed E-state index contributed by atoms with van der Waals surface area (Å²) in [7, 11) is 0. The zero-order valence-electron chi connectivity index (χ0n) is 18.3. The molecule has 0 amide bonds. The number of benzene rings is 4. The van der Waals surface area contributed by atoms with Crippen molar-refractivity contribution in [2.75, 3.05) is 0 Å². The Bertz CT molecular complexity index is 1260.